The molecule has 0 saturated heterocycles. The first-order valence-electron chi connectivity index (χ1n) is 8.37. The first kappa shape index (κ1) is 20.2. The van der Waals surface area contributed by atoms with Gasteiger partial charge >= 0.3 is 0 Å². The molecular weight excluding hydrogens is 445 g/mol. The van der Waals surface area contributed by atoms with Gasteiger partial charge in [0, 0.05) is 18.2 Å². The number of aliphatic imine (C=N–C) groups is 1. The highest BCUT2D eigenvalue weighted by Gasteiger charge is 2.10. The molecule has 0 radical (unpaired) electrons. The molecule has 1 aliphatic heterocycles. The normalized spacial score (nSPS) is 13.3. The number of guanidine groups is 1. The summed E-state index contributed by atoms with van der Waals surface area (Å²) in [7, 11) is 0. The molecule has 0 unspecified atom stereocenters. The molecule has 6 nitrogen and oxygen atoms in total. The van der Waals surface area contributed by atoms with Crippen molar-refractivity contribution in [1.82, 2.24) is 0 Å². The lowest BCUT2D eigenvalue weighted by molar-refractivity contribution is 0.297. The van der Waals surface area contributed by atoms with E-state index in [0.717, 1.165) is 34.9 Å². The fourth-order valence-electron chi connectivity index (χ4n) is 2.46. The van der Waals surface area contributed by atoms with Crippen LogP contribution >= 0.6 is 24.0 Å². The number of nitrogens with zero attached hydrogens (tertiary/aromatic N) is 1. The molecule has 3 rings (SSSR count). The van der Waals surface area contributed by atoms with Crippen LogP contribution in [0.1, 0.15) is 12.0 Å². The fourth-order valence-corrected chi connectivity index (χ4v) is 2.46. The number of benzene rings is 2. The van der Waals surface area contributed by atoms with Crippen molar-refractivity contribution in [3.8, 4) is 17.2 Å². The second kappa shape index (κ2) is 10.1. The molecule has 0 spiro atoms. The van der Waals surface area contributed by atoms with Crippen LogP contribution in [0.5, 0.6) is 17.2 Å². The van der Waals surface area contributed by atoms with E-state index < -0.39 is 0 Å². The number of rotatable bonds is 5. The van der Waals surface area contributed by atoms with Crippen LogP contribution in [-0.4, -0.2) is 32.3 Å². The Morgan fingerprint density at radius 3 is 2.77 bits per heavy atom. The highest BCUT2D eigenvalue weighted by molar-refractivity contribution is 14.0. The maximum Gasteiger partial charge on any atom is 0.193 e. The van der Waals surface area contributed by atoms with Crippen molar-refractivity contribution in [2.75, 3.05) is 31.7 Å². The predicted molar refractivity (Wildman–Crippen MR) is 114 cm³/mol. The van der Waals surface area contributed by atoms with E-state index in [1.807, 2.05) is 49.4 Å². The average Bonchev–Trinajstić information content (AvgIpc) is 2.84. The molecule has 0 aromatic heterocycles. The van der Waals surface area contributed by atoms with Crippen LogP contribution < -0.4 is 25.3 Å². The van der Waals surface area contributed by atoms with Crippen LogP contribution in [-0.2, 0) is 0 Å². The second-order valence-electron chi connectivity index (χ2n) is 5.77. The Morgan fingerprint density at radius 1 is 1.15 bits per heavy atom. The molecule has 26 heavy (non-hydrogen) atoms. The van der Waals surface area contributed by atoms with Crippen LogP contribution in [0.25, 0.3) is 0 Å². The van der Waals surface area contributed by atoms with Gasteiger partial charge < -0.3 is 25.3 Å². The molecule has 0 aliphatic carbocycles. The smallest absolute Gasteiger partial charge is 0.193 e. The van der Waals surface area contributed by atoms with Gasteiger partial charge in [0.05, 0.1) is 19.8 Å². The zero-order valence-corrected chi connectivity index (χ0v) is 17.1. The zero-order valence-electron chi connectivity index (χ0n) is 14.7. The number of hydrogen-bond acceptors (Lipinski definition) is 4. The lowest BCUT2D eigenvalue weighted by Crippen LogP contribution is -2.23. The largest absolute Gasteiger partial charge is 0.492 e. The van der Waals surface area contributed by atoms with Gasteiger partial charge in [-0.25, -0.2) is 4.99 Å². The van der Waals surface area contributed by atoms with Crippen LogP contribution in [0.4, 0.5) is 5.69 Å². The summed E-state index contributed by atoms with van der Waals surface area (Å²) in [5.41, 5.74) is 7.90. The first-order chi connectivity index (χ1) is 12.2. The Morgan fingerprint density at radius 2 is 1.96 bits per heavy atom. The zero-order chi connectivity index (χ0) is 17.5. The topological polar surface area (TPSA) is 78.1 Å². The number of nitrogens with one attached hydrogen (secondary N) is 1. The lowest BCUT2D eigenvalue weighted by atomic mass is 10.2. The molecule has 0 fully saturated rings. The summed E-state index contributed by atoms with van der Waals surface area (Å²) in [6.07, 6.45) is 0.877. The van der Waals surface area contributed by atoms with Gasteiger partial charge in [0.15, 0.2) is 17.5 Å². The highest BCUT2D eigenvalue weighted by Crippen LogP contribution is 2.32. The Balaban J connectivity index is 0.00000243. The minimum atomic E-state index is 0. The molecule has 0 amide bonds. The maximum atomic E-state index is 5.93. The van der Waals surface area contributed by atoms with E-state index in [0.29, 0.717) is 32.3 Å². The van der Waals surface area contributed by atoms with Crippen molar-refractivity contribution in [3.63, 3.8) is 0 Å². The van der Waals surface area contributed by atoms with E-state index in [1.165, 1.54) is 0 Å². The van der Waals surface area contributed by atoms with Gasteiger partial charge in [0.2, 0.25) is 0 Å². The minimum Gasteiger partial charge on any atom is -0.492 e. The van der Waals surface area contributed by atoms with E-state index in [2.05, 4.69) is 10.3 Å². The minimum absolute atomic E-state index is 0. The highest BCUT2D eigenvalue weighted by atomic mass is 127. The maximum absolute atomic E-state index is 5.93. The van der Waals surface area contributed by atoms with Gasteiger partial charge in [-0.05, 0) is 36.8 Å². The predicted octanol–water partition coefficient (Wildman–Crippen LogP) is 3.58. The summed E-state index contributed by atoms with van der Waals surface area (Å²) in [6, 6.07) is 13.5. The number of ether oxygens (including phenoxy) is 3. The van der Waals surface area contributed by atoms with Crippen molar-refractivity contribution >= 4 is 35.6 Å². The summed E-state index contributed by atoms with van der Waals surface area (Å²) >= 11 is 0. The molecule has 0 bridgehead atoms. The van der Waals surface area contributed by atoms with E-state index in [9.17, 15) is 0 Å². The van der Waals surface area contributed by atoms with Crippen molar-refractivity contribution in [3.05, 3.63) is 48.0 Å². The first-order valence-corrected chi connectivity index (χ1v) is 8.37. The van der Waals surface area contributed by atoms with E-state index in [1.54, 1.807) is 0 Å². The van der Waals surface area contributed by atoms with Gasteiger partial charge in [-0.3, -0.25) is 0 Å². The Hall–Kier alpha value is -2.16. The Kier molecular flexibility index (Phi) is 7.83. The number of nitrogens with two attached hydrogens (primary N) is 1. The quantitative estimate of drug-likeness (QED) is 0.303. The molecule has 3 N–H and O–H groups in total. The molecule has 0 saturated carbocycles. The fraction of sp³-hybridized carbons (Fsp3) is 0.316. The van der Waals surface area contributed by atoms with Crippen LogP contribution in [0.3, 0.4) is 0 Å². The molecule has 2 aromatic carbocycles. The van der Waals surface area contributed by atoms with Crippen molar-refractivity contribution < 1.29 is 14.2 Å². The average molecular weight is 469 g/mol. The Labute approximate surface area is 170 Å². The van der Waals surface area contributed by atoms with Gasteiger partial charge in [-0.15, -0.1) is 24.0 Å². The molecule has 7 heteroatoms. The van der Waals surface area contributed by atoms with E-state index >= 15 is 0 Å². The van der Waals surface area contributed by atoms with Gasteiger partial charge in [0.1, 0.15) is 12.4 Å². The number of aryl methyl sites for hydroxylation is 1. The second-order valence-corrected chi connectivity index (χ2v) is 5.77. The number of anilines is 1. The summed E-state index contributed by atoms with van der Waals surface area (Å²) < 4.78 is 16.9. The van der Waals surface area contributed by atoms with Gasteiger partial charge in [-0.1, -0.05) is 12.1 Å². The van der Waals surface area contributed by atoms with Crippen molar-refractivity contribution in [2.24, 2.45) is 10.7 Å². The molecule has 2 aromatic rings. The van der Waals surface area contributed by atoms with Crippen molar-refractivity contribution in [1.29, 1.82) is 0 Å². The van der Waals surface area contributed by atoms with Crippen molar-refractivity contribution in [2.45, 2.75) is 13.3 Å². The van der Waals surface area contributed by atoms with Crippen LogP contribution in [0, 0.1) is 6.92 Å². The third-order valence-corrected chi connectivity index (χ3v) is 3.65. The number of hydrogen-bond donors (Lipinski definition) is 2. The summed E-state index contributed by atoms with van der Waals surface area (Å²) in [6.45, 7) is 4.28. The third kappa shape index (κ3) is 5.98. The monoisotopic (exact) mass is 469 g/mol. The van der Waals surface area contributed by atoms with E-state index in [4.69, 9.17) is 19.9 Å². The Bertz CT molecular complexity index is 753. The molecule has 0 atom stereocenters. The summed E-state index contributed by atoms with van der Waals surface area (Å²) in [4.78, 5) is 4.27. The number of halogens is 1. The molecular formula is C19H24IN3O3. The molecule has 1 heterocycles. The van der Waals surface area contributed by atoms with Crippen LogP contribution in [0.2, 0.25) is 0 Å². The summed E-state index contributed by atoms with van der Waals surface area (Å²) in [5, 5.41) is 3.06. The molecule has 1 aliphatic rings. The van der Waals surface area contributed by atoms with Gasteiger partial charge in [0.25, 0.3) is 0 Å². The van der Waals surface area contributed by atoms with Crippen LogP contribution in [0.15, 0.2) is 47.5 Å². The summed E-state index contributed by atoms with van der Waals surface area (Å²) in [5.74, 6) is 2.65. The van der Waals surface area contributed by atoms with Gasteiger partial charge in [-0.2, -0.15) is 0 Å². The standard InChI is InChI=1S/C19H23N3O3.HI/c1-14-4-2-5-16(12-14)23-11-8-21-19(20)22-15-6-7-17-18(13-15)25-10-3-9-24-17;/h2,4-7,12-13H,3,8-11H2,1H3,(H3,20,21,22);1H. The lowest BCUT2D eigenvalue weighted by Gasteiger charge is -2.11. The van der Waals surface area contributed by atoms with E-state index in [-0.39, 0.29) is 24.0 Å². The SMILES string of the molecule is Cc1cccc(OCCN=C(N)Nc2ccc3c(c2)OCCCO3)c1.I. The molecule has 140 valence electrons. The third-order valence-electron chi connectivity index (χ3n) is 3.65. The number of fused-ring (bicyclic) bond motifs is 1.